The summed E-state index contributed by atoms with van der Waals surface area (Å²) in [6, 6.07) is 2.78. The lowest BCUT2D eigenvalue weighted by molar-refractivity contribution is 0.675. The Bertz CT molecular complexity index is 195. The molecule has 0 nitrogen and oxygen atoms in total. The highest BCUT2D eigenvalue weighted by molar-refractivity contribution is 6.67. The molecular weight excluding hydrogens is 196 g/mol. The van der Waals surface area contributed by atoms with Crippen LogP contribution in [0.1, 0.15) is 48.0 Å². The maximum absolute atomic E-state index is 3.60. The Kier molecular flexibility index (Phi) is 7.87. The zero-order valence-corrected chi connectivity index (χ0v) is 12.6. The van der Waals surface area contributed by atoms with Gasteiger partial charge in [0.1, 0.15) is 8.80 Å². The van der Waals surface area contributed by atoms with Gasteiger partial charge in [-0.05, 0) is 29.8 Å². The summed E-state index contributed by atoms with van der Waals surface area (Å²) in [5.41, 5.74) is 3.60. The van der Waals surface area contributed by atoms with Crippen molar-refractivity contribution in [3.8, 4) is 11.5 Å². The largest absolute Gasteiger partial charge is 0.135 e. The third-order valence-electron chi connectivity index (χ3n) is 2.33. The molecule has 1 heteroatoms. The van der Waals surface area contributed by atoms with Crippen LogP contribution in [0.2, 0.25) is 12.1 Å². The maximum atomic E-state index is 3.60. The molecule has 88 valence electrons. The van der Waals surface area contributed by atoms with Crippen molar-refractivity contribution < 1.29 is 0 Å². The smallest absolute Gasteiger partial charge is 0.123 e. The lowest BCUT2D eigenvalue weighted by atomic mass is 10.1. The van der Waals surface area contributed by atoms with E-state index in [1.54, 1.807) is 0 Å². The SMILES string of the molecule is CC(C)CC#C[SiH](CC(C)C)CC(C)C. The molecule has 0 bridgehead atoms. The Morgan fingerprint density at radius 2 is 1.27 bits per heavy atom. The molecule has 15 heavy (non-hydrogen) atoms. The average Bonchev–Trinajstić information content (AvgIpc) is 2.00. The van der Waals surface area contributed by atoms with Crippen LogP contribution < -0.4 is 0 Å². The van der Waals surface area contributed by atoms with E-state index in [4.69, 9.17) is 0 Å². The summed E-state index contributed by atoms with van der Waals surface area (Å²) < 4.78 is 0. The molecule has 0 spiro atoms. The van der Waals surface area contributed by atoms with E-state index in [9.17, 15) is 0 Å². The van der Waals surface area contributed by atoms with Crippen molar-refractivity contribution >= 4 is 8.80 Å². The molecule has 0 saturated heterocycles. The fraction of sp³-hybridized carbons (Fsp3) is 0.857. The van der Waals surface area contributed by atoms with Crippen molar-refractivity contribution in [1.82, 2.24) is 0 Å². The first kappa shape index (κ1) is 14.8. The van der Waals surface area contributed by atoms with E-state index in [-0.39, 0.29) is 0 Å². The maximum Gasteiger partial charge on any atom is 0.123 e. The zero-order valence-electron chi connectivity index (χ0n) is 11.4. The molecule has 0 atom stereocenters. The van der Waals surface area contributed by atoms with Crippen molar-refractivity contribution in [1.29, 1.82) is 0 Å². The molecule has 0 saturated carbocycles. The highest BCUT2D eigenvalue weighted by atomic mass is 28.3. The number of hydrogen-bond acceptors (Lipinski definition) is 0. The molecule has 0 heterocycles. The van der Waals surface area contributed by atoms with E-state index in [0.29, 0.717) is 0 Å². The van der Waals surface area contributed by atoms with Gasteiger partial charge < -0.3 is 0 Å². The highest BCUT2D eigenvalue weighted by Gasteiger charge is 2.11. The Hall–Kier alpha value is -0.223. The van der Waals surface area contributed by atoms with Crippen LogP contribution in [0.3, 0.4) is 0 Å². The van der Waals surface area contributed by atoms with Crippen molar-refractivity contribution in [2.45, 2.75) is 60.1 Å². The summed E-state index contributed by atoms with van der Waals surface area (Å²) in [4.78, 5) is 0. The van der Waals surface area contributed by atoms with Gasteiger partial charge in [-0.25, -0.2) is 0 Å². The molecule has 0 aromatic rings. The Balaban J connectivity index is 4.14. The Morgan fingerprint density at radius 1 is 0.800 bits per heavy atom. The van der Waals surface area contributed by atoms with Crippen LogP contribution >= 0.6 is 0 Å². The van der Waals surface area contributed by atoms with Crippen molar-refractivity contribution in [2.75, 3.05) is 0 Å². The molecule has 0 aliphatic carbocycles. The lowest BCUT2D eigenvalue weighted by Gasteiger charge is -2.13. The summed E-state index contributed by atoms with van der Waals surface area (Å²) in [6.07, 6.45) is 1.08. The summed E-state index contributed by atoms with van der Waals surface area (Å²) in [6.45, 7) is 13.8. The monoisotopic (exact) mass is 224 g/mol. The van der Waals surface area contributed by atoms with Gasteiger partial charge in [-0.2, -0.15) is 0 Å². The van der Waals surface area contributed by atoms with Crippen LogP contribution in [-0.2, 0) is 0 Å². The standard InChI is InChI=1S/C14H28Si/c1-12(2)8-7-9-15(10-13(3)4)11-14(5)6/h12-15H,8,10-11H2,1-6H3. The summed E-state index contributed by atoms with van der Waals surface area (Å²) >= 11 is 0. The normalized spacial score (nSPS) is 11.3. The van der Waals surface area contributed by atoms with Gasteiger partial charge in [-0.1, -0.05) is 41.5 Å². The fourth-order valence-corrected chi connectivity index (χ4v) is 4.87. The minimum Gasteiger partial charge on any atom is -0.135 e. The van der Waals surface area contributed by atoms with Gasteiger partial charge in [0.15, 0.2) is 0 Å². The lowest BCUT2D eigenvalue weighted by Crippen LogP contribution is -2.15. The molecule has 0 aliphatic rings. The minimum atomic E-state index is -0.770. The number of hydrogen-bond donors (Lipinski definition) is 0. The summed E-state index contributed by atoms with van der Waals surface area (Å²) in [5, 5.41) is 0. The first-order chi connectivity index (χ1) is 6.91. The second kappa shape index (κ2) is 7.99. The molecular formula is C14H28Si. The third kappa shape index (κ3) is 10.1. The van der Waals surface area contributed by atoms with Crippen LogP contribution in [0.15, 0.2) is 0 Å². The van der Waals surface area contributed by atoms with Crippen molar-refractivity contribution in [2.24, 2.45) is 17.8 Å². The van der Waals surface area contributed by atoms with Crippen molar-refractivity contribution in [3.05, 3.63) is 0 Å². The second-order valence-electron chi connectivity index (χ2n) is 5.88. The van der Waals surface area contributed by atoms with E-state index >= 15 is 0 Å². The van der Waals surface area contributed by atoms with Gasteiger partial charge in [0.2, 0.25) is 0 Å². The average molecular weight is 224 g/mol. The molecule has 0 fully saturated rings. The van der Waals surface area contributed by atoms with Crippen LogP contribution in [0.4, 0.5) is 0 Å². The van der Waals surface area contributed by atoms with Crippen LogP contribution in [0.25, 0.3) is 0 Å². The Labute approximate surface area is 98.5 Å². The summed E-state index contributed by atoms with van der Waals surface area (Å²) in [5.74, 6) is 5.79. The van der Waals surface area contributed by atoms with Crippen molar-refractivity contribution in [3.63, 3.8) is 0 Å². The molecule has 0 amide bonds. The van der Waals surface area contributed by atoms with E-state index in [2.05, 4.69) is 53.0 Å². The molecule has 0 unspecified atom stereocenters. The summed E-state index contributed by atoms with van der Waals surface area (Å²) in [7, 11) is -0.770. The first-order valence-corrected chi connectivity index (χ1v) is 8.61. The first-order valence-electron chi connectivity index (χ1n) is 6.40. The quantitative estimate of drug-likeness (QED) is 0.487. The zero-order chi connectivity index (χ0) is 11.8. The second-order valence-corrected chi connectivity index (χ2v) is 8.50. The van der Waals surface area contributed by atoms with E-state index in [1.807, 2.05) is 0 Å². The topological polar surface area (TPSA) is 0 Å². The molecule has 0 rings (SSSR count). The molecule has 0 N–H and O–H groups in total. The predicted molar refractivity (Wildman–Crippen MR) is 73.7 cm³/mol. The molecule has 0 aromatic carbocycles. The fourth-order valence-electron chi connectivity index (χ4n) is 1.76. The molecule has 0 radical (unpaired) electrons. The van der Waals surface area contributed by atoms with Gasteiger partial charge in [-0.15, -0.1) is 11.5 Å². The molecule has 0 aliphatic heterocycles. The highest BCUT2D eigenvalue weighted by Crippen LogP contribution is 2.13. The molecule has 0 aromatic heterocycles. The van der Waals surface area contributed by atoms with Gasteiger partial charge in [0.25, 0.3) is 0 Å². The third-order valence-corrected chi connectivity index (χ3v) is 5.96. The van der Waals surface area contributed by atoms with E-state index < -0.39 is 8.80 Å². The predicted octanol–water partition coefficient (Wildman–Crippen LogP) is 4.11. The van der Waals surface area contributed by atoms with Crippen LogP contribution in [-0.4, -0.2) is 8.80 Å². The van der Waals surface area contributed by atoms with Crippen LogP contribution in [0.5, 0.6) is 0 Å². The van der Waals surface area contributed by atoms with Gasteiger partial charge in [-0.3, -0.25) is 0 Å². The Morgan fingerprint density at radius 3 is 1.60 bits per heavy atom. The van der Waals surface area contributed by atoms with Gasteiger partial charge in [0, 0.05) is 6.42 Å². The number of rotatable bonds is 5. The van der Waals surface area contributed by atoms with E-state index in [0.717, 1.165) is 24.2 Å². The van der Waals surface area contributed by atoms with Gasteiger partial charge >= 0.3 is 0 Å². The van der Waals surface area contributed by atoms with Gasteiger partial charge in [0.05, 0.1) is 0 Å². The van der Waals surface area contributed by atoms with Crippen LogP contribution in [0, 0.1) is 29.2 Å². The minimum absolute atomic E-state index is 0.727. The van der Waals surface area contributed by atoms with E-state index in [1.165, 1.54) is 12.1 Å².